The van der Waals surface area contributed by atoms with Crippen LogP contribution in [0.25, 0.3) is 0 Å². The average Bonchev–Trinajstić information content (AvgIpc) is 2.16. The van der Waals surface area contributed by atoms with E-state index in [0.717, 1.165) is 5.56 Å². The van der Waals surface area contributed by atoms with E-state index >= 15 is 0 Å². The van der Waals surface area contributed by atoms with Crippen molar-refractivity contribution >= 4 is 7.60 Å². The van der Waals surface area contributed by atoms with E-state index in [1.165, 1.54) is 0 Å². The molecular formula is C11H18NO3P. The summed E-state index contributed by atoms with van der Waals surface area (Å²) < 4.78 is 11.6. The molecule has 0 saturated heterocycles. The summed E-state index contributed by atoms with van der Waals surface area (Å²) in [5.74, 6) is 0. The Morgan fingerprint density at radius 2 is 1.94 bits per heavy atom. The number of hydrogen-bond acceptors (Lipinski definition) is 2. The van der Waals surface area contributed by atoms with Gasteiger partial charge in [-0.05, 0) is 31.5 Å². The van der Waals surface area contributed by atoms with Gasteiger partial charge in [0, 0.05) is 0 Å². The van der Waals surface area contributed by atoms with E-state index in [0.29, 0.717) is 12.1 Å². The molecule has 0 radical (unpaired) electrons. The average molecular weight is 243 g/mol. The van der Waals surface area contributed by atoms with E-state index < -0.39 is 12.9 Å². The van der Waals surface area contributed by atoms with Crippen molar-refractivity contribution in [2.75, 3.05) is 6.54 Å². The Bertz CT molecular complexity index is 415. The predicted molar refractivity (Wildman–Crippen MR) is 64.3 cm³/mol. The van der Waals surface area contributed by atoms with Crippen molar-refractivity contribution in [3.8, 4) is 0 Å². The van der Waals surface area contributed by atoms with Gasteiger partial charge in [0.1, 0.15) is 5.28 Å². The molecule has 0 aromatic heterocycles. The largest absolute Gasteiger partial charge is 0.349 e. The van der Waals surface area contributed by atoms with Gasteiger partial charge >= 0.3 is 7.60 Å². The van der Waals surface area contributed by atoms with Gasteiger partial charge in [0.25, 0.3) is 0 Å². The van der Waals surface area contributed by atoms with Gasteiger partial charge in [-0.15, -0.1) is 0 Å². The second-order valence-corrected chi connectivity index (χ2v) is 5.94. The minimum Gasteiger partial charge on any atom is -0.323 e. The van der Waals surface area contributed by atoms with Crippen molar-refractivity contribution in [3.05, 3.63) is 35.4 Å². The van der Waals surface area contributed by atoms with Crippen LogP contribution < -0.4 is 5.32 Å². The second kappa shape index (κ2) is 4.68. The van der Waals surface area contributed by atoms with Crippen molar-refractivity contribution < 1.29 is 14.4 Å². The minimum absolute atomic E-state index is 0.496. The smallest absolute Gasteiger partial charge is 0.323 e. The van der Waals surface area contributed by atoms with Crippen LogP contribution in [0, 0.1) is 6.92 Å². The molecule has 5 heteroatoms. The van der Waals surface area contributed by atoms with E-state index in [1.54, 1.807) is 19.1 Å². The van der Waals surface area contributed by atoms with Gasteiger partial charge in [-0.2, -0.15) is 0 Å². The molecule has 0 aliphatic rings. The Kier molecular flexibility index (Phi) is 3.92. The van der Waals surface area contributed by atoms with Gasteiger partial charge in [0.2, 0.25) is 0 Å². The zero-order valence-electron chi connectivity index (χ0n) is 9.77. The van der Waals surface area contributed by atoms with Gasteiger partial charge in [-0.1, -0.05) is 31.2 Å². The van der Waals surface area contributed by atoms with E-state index in [-0.39, 0.29) is 0 Å². The van der Waals surface area contributed by atoms with Crippen LogP contribution in [0.4, 0.5) is 0 Å². The highest BCUT2D eigenvalue weighted by Gasteiger charge is 2.43. The topological polar surface area (TPSA) is 69.6 Å². The molecule has 4 nitrogen and oxygen atoms in total. The number of benzene rings is 1. The molecule has 1 atom stereocenters. The fourth-order valence-corrected chi connectivity index (χ4v) is 2.75. The Balaban J connectivity index is 3.33. The van der Waals surface area contributed by atoms with E-state index in [4.69, 9.17) is 0 Å². The van der Waals surface area contributed by atoms with Crippen molar-refractivity contribution in [3.63, 3.8) is 0 Å². The van der Waals surface area contributed by atoms with E-state index in [2.05, 4.69) is 5.32 Å². The van der Waals surface area contributed by atoms with Crippen molar-refractivity contribution in [2.45, 2.75) is 26.1 Å². The van der Waals surface area contributed by atoms with E-state index in [1.807, 2.05) is 26.0 Å². The zero-order valence-corrected chi connectivity index (χ0v) is 10.7. The maximum absolute atomic E-state index is 11.6. The first-order valence-corrected chi connectivity index (χ1v) is 6.81. The maximum atomic E-state index is 11.6. The Hall–Kier alpha value is -0.670. The van der Waals surface area contributed by atoms with Crippen molar-refractivity contribution in [1.29, 1.82) is 0 Å². The lowest BCUT2D eigenvalue weighted by molar-refractivity contribution is 0.310. The molecule has 0 saturated carbocycles. The summed E-state index contributed by atoms with van der Waals surface area (Å²) in [5.41, 5.74) is 1.51. The lowest BCUT2D eigenvalue weighted by Crippen LogP contribution is -2.39. The molecule has 1 aromatic carbocycles. The molecule has 1 rings (SSSR count). The fraction of sp³-hybridized carbons (Fsp3) is 0.455. The molecule has 0 bridgehead atoms. The monoisotopic (exact) mass is 243 g/mol. The third kappa shape index (κ3) is 2.36. The summed E-state index contributed by atoms with van der Waals surface area (Å²) in [6.07, 6.45) is 0. The summed E-state index contributed by atoms with van der Waals surface area (Å²) in [6.45, 7) is 5.71. The standard InChI is InChI=1S/C11H18NO3P/c1-4-12-11(3,16(13,14)15)10-8-6-5-7-9(10)2/h5-8,12H,4H2,1-3H3,(H2,13,14,15). The summed E-state index contributed by atoms with van der Waals surface area (Å²) in [7, 11) is -4.26. The second-order valence-electron chi connectivity index (χ2n) is 3.96. The minimum atomic E-state index is -4.26. The van der Waals surface area contributed by atoms with Gasteiger partial charge in [0.15, 0.2) is 0 Å². The highest BCUT2D eigenvalue weighted by molar-refractivity contribution is 7.53. The van der Waals surface area contributed by atoms with Crippen LogP contribution in [0.15, 0.2) is 24.3 Å². The highest BCUT2D eigenvalue weighted by atomic mass is 31.2. The van der Waals surface area contributed by atoms with Crippen LogP contribution in [-0.4, -0.2) is 16.3 Å². The lowest BCUT2D eigenvalue weighted by Gasteiger charge is -2.32. The van der Waals surface area contributed by atoms with Crippen molar-refractivity contribution in [2.24, 2.45) is 0 Å². The zero-order chi connectivity index (χ0) is 12.4. The maximum Gasteiger partial charge on any atom is 0.349 e. The molecule has 0 amide bonds. The van der Waals surface area contributed by atoms with Crippen LogP contribution in [0.1, 0.15) is 25.0 Å². The Morgan fingerprint density at radius 1 is 1.38 bits per heavy atom. The third-order valence-corrected chi connectivity index (χ3v) is 4.34. The number of hydrogen-bond donors (Lipinski definition) is 3. The SMILES string of the molecule is CCNC(C)(c1ccccc1C)P(=O)(O)O. The number of aryl methyl sites for hydroxylation is 1. The van der Waals surface area contributed by atoms with Crippen LogP contribution >= 0.6 is 7.60 Å². The van der Waals surface area contributed by atoms with Crippen LogP contribution in [0.2, 0.25) is 0 Å². The van der Waals surface area contributed by atoms with Gasteiger partial charge in [-0.3, -0.25) is 9.88 Å². The first kappa shape index (κ1) is 13.4. The molecule has 0 aliphatic carbocycles. The molecule has 0 aliphatic heterocycles. The van der Waals surface area contributed by atoms with Crippen LogP contribution in [0.3, 0.4) is 0 Å². The summed E-state index contributed by atoms with van der Waals surface area (Å²) >= 11 is 0. The first-order valence-electron chi connectivity index (χ1n) is 5.19. The Morgan fingerprint density at radius 3 is 2.38 bits per heavy atom. The molecule has 0 spiro atoms. The predicted octanol–water partition coefficient (Wildman–Crippen LogP) is 1.95. The normalized spacial score (nSPS) is 15.8. The molecule has 1 unspecified atom stereocenters. The van der Waals surface area contributed by atoms with Crippen LogP contribution in [0.5, 0.6) is 0 Å². The number of nitrogens with one attached hydrogen (secondary N) is 1. The molecule has 1 aromatic rings. The van der Waals surface area contributed by atoms with Gasteiger partial charge in [-0.25, -0.2) is 0 Å². The summed E-state index contributed by atoms with van der Waals surface area (Å²) in [5, 5.41) is 1.58. The molecule has 0 heterocycles. The van der Waals surface area contributed by atoms with Crippen molar-refractivity contribution in [1.82, 2.24) is 5.32 Å². The summed E-state index contributed by atoms with van der Waals surface area (Å²) in [4.78, 5) is 19.0. The molecule has 16 heavy (non-hydrogen) atoms. The molecule has 90 valence electrons. The fourth-order valence-electron chi connectivity index (χ4n) is 1.82. The lowest BCUT2D eigenvalue weighted by atomic mass is 10.0. The van der Waals surface area contributed by atoms with Gasteiger partial charge < -0.3 is 9.79 Å². The van der Waals surface area contributed by atoms with Gasteiger partial charge in [0.05, 0.1) is 0 Å². The van der Waals surface area contributed by atoms with E-state index in [9.17, 15) is 14.4 Å². The summed E-state index contributed by atoms with van der Waals surface area (Å²) in [6, 6.07) is 7.23. The molecular weight excluding hydrogens is 225 g/mol. The first-order chi connectivity index (χ1) is 7.33. The third-order valence-electron chi connectivity index (χ3n) is 2.77. The Labute approximate surface area is 95.9 Å². The molecule has 0 fully saturated rings. The number of rotatable bonds is 4. The molecule has 3 N–H and O–H groups in total. The highest BCUT2D eigenvalue weighted by Crippen LogP contribution is 2.55. The van der Waals surface area contributed by atoms with Crippen LogP contribution in [-0.2, 0) is 9.85 Å². The quantitative estimate of drug-likeness (QED) is 0.707.